The number of amides is 3. The van der Waals surface area contributed by atoms with Crippen LogP contribution in [0.3, 0.4) is 0 Å². The van der Waals surface area contributed by atoms with Gasteiger partial charge in [0.05, 0.1) is 9.85 Å². The maximum absolute atomic E-state index is 14.0. The molecule has 2 aliphatic rings. The Morgan fingerprint density at radius 3 is 2.05 bits per heavy atom. The Balaban J connectivity index is 1.31. The van der Waals surface area contributed by atoms with Gasteiger partial charge in [-0.1, -0.05) is 52.9 Å². The number of fused-ring (bicyclic) bond motifs is 1. The van der Waals surface area contributed by atoms with Gasteiger partial charge >= 0.3 is 18.0 Å². The number of aliphatic hydroxyl groups is 1. The number of β-lactam (4-membered cyclic amide) rings is 1. The minimum Gasteiger partial charge on any atom is -0.463 e. The number of alkyl carbamates (subject to hydrolysis) is 1. The molecule has 2 heterocycles. The Hall–Kier alpha value is -5.65. The quantitative estimate of drug-likeness (QED) is 0.0234. The number of hydrogen-bond donors (Lipinski definition) is 3. The van der Waals surface area contributed by atoms with Gasteiger partial charge < -0.3 is 39.6 Å². The van der Waals surface area contributed by atoms with Gasteiger partial charge in [-0.05, 0) is 59.7 Å². The van der Waals surface area contributed by atoms with Crippen LogP contribution in [0, 0.1) is 20.2 Å². The lowest BCUT2D eigenvalue weighted by Crippen LogP contribution is -2.83. The van der Waals surface area contributed by atoms with Crippen LogP contribution in [-0.4, -0.2) is 90.5 Å². The van der Waals surface area contributed by atoms with Gasteiger partial charge in [0.1, 0.15) is 36.8 Å². The van der Waals surface area contributed by atoms with Gasteiger partial charge in [-0.3, -0.25) is 29.8 Å². The molecule has 312 valence electrons. The zero-order valence-corrected chi connectivity index (χ0v) is 34.4. The lowest BCUT2D eigenvalue weighted by Gasteiger charge is -2.57. The third-order valence-corrected chi connectivity index (χ3v) is 11.1. The molecule has 1 saturated heterocycles. The molecule has 5 atom stereocenters. The highest BCUT2D eigenvalue weighted by Gasteiger charge is 2.68. The number of rotatable bonds is 18. The van der Waals surface area contributed by atoms with E-state index in [-0.39, 0.29) is 36.8 Å². The zero-order valence-electron chi connectivity index (χ0n) is 31.4. The Morgan fingerprint density at radius 1 is 0.932 bits per heavy atom. The van der Waals surface area contributed by atoms with Gasteiger partial charge in [0, 0.05) is 47.8 Å². The molecule has 0 spiro atoms. The van der Waals surface area contributed by atoms with E-state index in [1.54, 1.807) is 30.3 Å². The summed E-state index contributed by atoms with van der Waals surface area (Å²) in [5.41, 5.74) is -2.83. The van der Waals surface area contributed by atoms with Crippen molar-refractivity contribution in [2.75, 3.05) is 18.1 Å². The maximum atomic E-state index is 14.0. The Labute approximate surface area is 354 Å². The van der Waals surface area contributed by atoms with Crippen LogP contribution in [0.1, 0.15) is 42.6 Å². The number of benzene rings is 3. The van der Waals surface area contributed by atoms with Crippen LogP contribution in [0.25, 0.3) is 0 Å². The number of nitrogens with zero attached hydrogens (tertiary/aromatic N) is 3. The molecular weight excluding hydrogens is 909 g/mol. The lowest BCUT2D eigenvalue weighted by atomic mass is 9.89. The van der Waals surface area contributed by atoms with Crippen molar-refractivity contribution in [1.29, 1.82) is 0 Å². The number of aliphatic hydroxyl groups excluding tert-OH is 1. The van der Waals surface area contributed by atoms with E-state index in [1.807, 2.05) is 22.6 Å². The number of halogens is 1. The van der Waals surface area contributed by atoms with Crippen LogP contribution in [0.4, 0.5) is 16.2 Å². The third-order valence-electron chi connectivity index (χ3n) is 9.42. The van der Waals surface area contributed by atoms with Gasteiger partial charge in [0.15, 0.2) is 6.04 Å². The van der Waals surface area contributed by atoms with E-state index in [0.29, 0.717) is 21.1 Å². The van der Waals surface area contributed by atoms with E-state index in [0.717, 1.165) is 11.8 Å². The molecule has 0 saturated carbocycles. The number of nitro benzene ring substituents is 2. The SMILES string of the molecule is COC1(NC(=O)CCC(C)(NC(=O)OCc2ccc([N+](=O)[O-])cc2)C(=O)OCc2ccc([N+](=O)[O-])cc2)C(=O)N2C(C(=O)OCCI)C(C(O)c3ccccc3)=CS[C@H]21. The Kier molecular flexibility index (Phi) is 14.6. The number of methoxy groups -OCH3 is 1. The number of hydrogen-bond acceptors (Lipinski definition) is 15. The highest BCUT2D eigenvalue weighted by molar-refractivity contribution is 14.1. The summed E-state index contributed by atoms with van der Waals surface area (Å²) in [6, 6.07) is 17.6. The molecule has 21 heteroatoms. The fourth-order valence-electron chi connectivity index (χ4n) is 6.17. The summed E-state index contributed by atoms with van der Waals surface area (Å²) in [6.45, 7) is 0.632. The molecule has 5 rings (SSSR count). The molecule has 59 heavy (non-hydrogen) atoms. The van der Waals surface area contributed by atoms with E-state index in [2.05, 4.69) is 10.6 Å². The molecule has 2 aliphatic heterocycles. The average molecular weight is 948 g/mol. The highest BCUT2D eigenvalue weighted by Crippen LogP contribution is 2.49. The first-order valence-corrected chi connectivity index (χ1v) is 20.2. The number of non-ortho nitro benzene ring substituents is 2. The predicted molar refractivity (Wildman–Crippen MR) is 216 cm³/mol. The highest BCUT2D eigenvalue weighted by atomic mass is 127. The summed E-state index contributed by atoms with van der Waals surface area (Å²) in [7, 11) is 1.19. The van der Waals surface area contributed by atoms with Crippen LogP contribution in [0.15, 0.2) is 89.8 Å². The van der Waals surface area contributed by atoms with E-state index >= 15 is 0 Å². The number of alkyl halides is 1. The first kappa shape index (κ1) is 44.5. The monoisotopic (exact) mass is 947 g/mol. The maximum Gasteiger partial charge on any atom is 0.408 e. The number of carbonyl (C=O) groups excluding carboxylic acids is 5. The summed E-state index contributed by atoms with van der Waals surface area (Å²) in [6.07, 6.45) is -3.27. The van der Waals surface area contributed by atoms with Crippen molar-refractivity contribution in [3.05, 3.63) is 127 Å². The van der Waals surface area contributed by atoms with E-state index in [1.165, 1.54) is 72.9 Å². The predicted octanol–water partition coefficient (Wildman–Crippen LogP) is 4.35. The third kappa shape index (κ3) is 10.1. The minimum atomic E-state index is -1.98. The van der Waals surface area contributed by atoms with Crippen molar-refractivity contribution in [2.45, 2.75) is 61.8 Å². The molecule has 3 aromatic carbocycles. The standard InChI is InChI=1S/C38H38IN5O14S/c1-37(35(49)57-20-23-8-12-26(13-9-23)43(51)52,41-36(50)58-21-24-10-14-27(15-11-24)44(53)54)17-16-29(45)40-38(55-2)33(48)42-30(32(47)56-19-18-39)28(22-59-34(38)42)31(46)25-6-4-3-5-7-25/h3-15,22,30-31,34,46H,16-21H2,1-2H3,(H,40,45)(H,41,50)/t30?,31?,34-,37?,38?/m0/s1. The molecule has 19 nitrogen and oxygen atoms in total. The lowest BCUT2D eigenvalue weighted by molar-refractivity contribution is -0.385. The molecule has 3 aromatic rings. The molecule has 0 bridgehead atoms. The van der Waals surface area contributed by atoms with Crippen molar-refractivity contribution in [3.63, 3.8) is 0 Å². The van der Waals surface area contributed by atoms with Crippen LogP contribution in [0.2, 0.25) is 0 Å². The molecule has 1 fully saturated rings. The summed E-state index contributed by atoms with van der Waals surface area (Å²) in [4.78, 5) is 89.7. The van der Waals surface area contributed by atoms with Crippen LogP contribution < -0.4 is 10.6 Å². The van der Waals surface area contributed by atoms with Crippen molar-refractivity contribution < 1.29 is 57.9 Å². The summed E-state index contributed by atoms with van der Waals surface area (Å²) < 4.78 is 22.2. The van der Waals surface area contributed by atoms with Crippen molar-refractivity contribution in [1.82, 2.24) is 15.5 Å². The topological polar surface area (TPSA) is 256 Å². The van der Waals surface area contributed by atoms with Crippen LogP contribution in [-0.2, 0) is 51.3 Å². The summed E-state index contributed by atoms with van der Waals surface area (Å²) in [5, 5.41) is 38.9. The van der Waals surface area contributed by atoms with Gasteiger partial charge in [-0.15, -0.1) is 11.8 Å². The van der Waals surface area contributed by atoms with Gasteiger partial charge in [0.25, 0.3) is 23.0 Å². The second kappa shape index (κ2) is 19.4. The fraction of sp³-hybridized carbons (Fsp3) is 0.342. The zero-order chi connectivity index (χ0) is 42.9. The first-order chi connectivity index (χ1) is 28.1. The smallest absolute Gasteiger partial charge is 0.408 e. The molecule has 0 radical (unpaired) electrons. The molecular formula is C38H38IN5O14S. The number of ether oxygens (including phenoxy) is 4. The molecule has 0 aliphatic carbocycles. The van der Waals surface area contributed by atoms with Crippen molar-refractivity contribution in [2.24, 2.45) is 0 Å². The van der Waals surface area contributed by atoms with E-state index < -0.39 is 81.3 Å². The summed E-state index contributed by atoms with van der Waals surface area (Å²) >= 11 is 3.05. The molecule has 0 aromatic heterocycles. The normalized spacial score (nSPS) is 19.7. The number of thioether (sulfide) groups is 1. The summed E-state index contributed by atoms with van der Waals surface area (Å²) in [5.74, 6) is -3.38. The van der Waals surface area contributed by atoms with Crippen molar-refractivity contribution in [3.8, 4) is 0 Å². The number of nitro groups is 2. The first-order valence-electron chi connectivity index (χ1n) is 17.7. The van der Waals surface area contributed by atoms with E-state index in [9.17, 15) is 49.3 Å². The van der Waals surface area contributed by atoms with Crippen molar-refractivity contribution >= 4 is 75.6 Å². The molecule has 3 amide bonds. The number of carbonyl (C=O) groups is 5. The Bertz CT molecular complexity index is 2110. The van der Waals surface area contributed by atoms with Crippen LogP contribution in [0.5, 0.6) is 0 Å². The molecule has 3 N–H and O–H groups in total. The second-order valence-corrected chi connectivity index (χ2v) is 15.4. The second-order valence-electron chi connectivity index (χ2n) is 13.3. The van der Waals surface area contributed by atoms with Crippen LogP contribution >= 0.6 is 34.4 Å². The van der Waals surface area contributed by atoms with Gasteiger partial charge in [-0.25, -0.2) is 14.4 Å². The minimum absolute atomic E-state index is 0.0459. The van der Waals surface area contributed by atoms with Gasteiger partial charge in [-0.2, -0.15) is 0 Å². The largest absolute Gasteiger partial charge is 0.463 e. The fourth-order valence-corrected chi connectivity index (χ4v) is 7.73. The average Bonchev–Trinajstić information content (AvgIpc) is 3.24. The van der Waals surface area contributed by atoms with Gasteiger partial charge in [0.2, 0.25) is 5.91 Å². The number of nitrogens with one attached hydrogen (secondary N) is 2. The Morgan fingerprint density at radius 2 is 1.51 bits per heavy atom. The van der Waals surface area contributed by atoms with E-state index in [4.69, 9.17) is 18.9 Å². The molecule has 4 unspecified atom stereocenters. The number of esters is 2.